The maximum Gasteiger partial charge on any atom is 0.252 e. The minimum absolute atomic E-state index is 0.254. The Morgan fingerprint density at radius 1 is 1.50 bits per heavy atom. The highest BCUT2D eigenvalue weighted by Gasteiger charge is 2.10. The summed E-state index contributed by atoms with van der Waals surface area (Å²) in [6, 6.07) is 4.98. The predicted molar refractivity (Wildman–Crippen MR) is 69.0 cm³/mol. The molecular weight excluding hydrogens is 274 g/mol. The molecule has 5 nitrogen and oxygen atoms in total. The third-order valence-electron chi connectivity index (χ3n) is 2.23. The molecule has 18 heavy (non-hydrogen) atoms. The van der Waals surface area contributed by atoms with Crippen molar-refractivity contribution in [2.24, 2.45) is 0 Å². The van der Waals surface area contributed by atoms with E-state index >= 15 is 0 Å². The molecule has 0 unspecified atom stereocenters. The first-order valence-electron chi connectivity index (χ1n) is 5.19. The lowest BCUT2D eigenvalue weighted by Gasteiger charge is -2.06. The van der Waals surface area contributed by atoms with Crippen LogP contribution in [0.4, 0.5) is 0 Å². The molecule has 0 saturated heterocycles. The molecule has 0 aliphatic heterocycles. The molecule has 94 valence electrons. The molecule has 0 aliphatic carbocycles. The van der Waals surface area contributed by atoms with Crippen molar-refractivity contribution in [1.82, 2.24) is 15.5 Å². The van der Waals surface area contributed by atoms with E-state index in [1.807, 2.05) is 0 Å². The largest absolute Gasteiger partial charge is 0.351 e. The average molecular weight is 284 g/mol. The van der Waals surface area contributed by atoms with Gasteiger partial charge in [0, 0.05) is 17.9 Å². The van der Waals surface area contributed by atoms with Gasteiger partial charge in [-0.3, -0.25) is 4.79 Å². The average Bonchev–Trinajstić information content (AvgIpc) is 2.85. The maximum atomic E-state index is 11.9. The van der Waals surface area contributed by atoms with Gasteiger partial charge in [0.25, 0.3) is 5.91 Å². The van der Waals surface area contributed by atoms with Crippen LogP contribution in [0.15, 0.2) is 33.9 Å². The zero-order chi connectivity index (χ0) is 13.0. The van der Waals surface area contributed by atoms with Crippen molar-refractivity contribution in [1.29, 1.82) is 0 Å². The SMILES string of the molecule is O=C(NCCc1ncno1)c1cc(S)ccc1Cl. The van der Waals surface area contributed by atoms with E-state index in [-0.39, 0.29) is 5.91 Å². The van der Waals surface area contributed by atoms with Crippen LogP contribution in [0.2, 0.25) is 5.02 Å². The second-order valence-corrected chi connectivity index (χ2v) is 4.43. The van der Waals surface area contributed by atoms with Crippen molar-refractivity contribution >= 4 is 30.1 Å². The molecule has 7 heteroatoms. The number of nitrogens with one attached hydrogen (secondary N) is 1. The molecule has 0 spiro atoms. The molecule has 1 aromatic heterocycles. The van der Waals surface area contributed by atoms with Crippen LogP contribution < -0.4 is 5.32 Å². The van der Waals surface area contributed by atoms with Crippen LogP contribution in [0.1, 0.15) is 16.2 Å². The van der Waals surface area contributed by atoms with Crippen molar-refractivity contribution < 1.29 is 9.32 Å². The van der Waals surface area contributed by atoms with Gasteiger partial charge in [-0.2, -0.15) is 4.98 Å². The summed E-state index contributed by atoms with van der Waals surface area (Å²) in [5.41, 5.74) is 0.398. The normalized spacial score (nSPS) is 10.3. The van der Waals surface area contributed by atoms with Crippen molar-refractivity contribution in [2.75, 3.05) is 6.54 Å². The molecule has 0 radical (unpaired) electrons. The third-order valence-corrected chi connectivity index (χ3v) is 2.83. The summed E-state index contributed by atoms with van der Waals surface area (Å²) in [7, 11) is 0. The van der Waals surface area contributed by atoms with E-state index < -0.39 is 0 Å². The van der Waals surface area contributed by atoms with Crippen LogP contribution in [0, 0.1) is 0 Å². The van der Waals surface area contributed by atoms with Gasteiger partial charge in [0.2, 0.25) is 5.89 Å². The first kappa shape index (κ1) is 12.9. The molecule has 0 aliphatic rings. The zero-order valence-corrected chi connectivity index (χ0v) is 10.9. The van der Waals surface area contributed by atoms with Crippen LogP contribution in [-0.2, 0) is 6.42 Å². The predicted octanol–water partition coefficient (Wildman–Crippen LogP) is 1.98. The van der Waals surface area contributed by atoms with E-state index in [2.05, 4.69) is 28.1 Å². The minimum Gasteiger partial charge on any atom is -0.351 e. The molecule has 1 N–H and O–H groups in total. The Hall–Kier alpha value is -1.53. The number of halogens is 1. The number of hydrogen-bond donors (Lipinski definition) is 2. The highest BCUT2D eigenvalue weighted by molar-refractivity contribution is 7.80. The Labute approximate surface area is 114 Å². The molecular formula is C11H10ClN3O2S. The lowest BCUT2D eigenvalue weighted by molar-refractivity contribution is 0.0953. The van der Waals surface area contributed by atoms with Crippen LogP contribution in [0.5, 0.6) is 0 Å². The lowest BCUT2D eigenvalue weighted by atomic mass is 10.2. The quantitative estimate of drug-likeness (QED) is 0.842. The minimum atomic E-state index is -0.254. The van der Waals surface area contributed by atoms with Crippen molar-refractivity contribution in [3.05, 3.63) is 41.0 Å². The number of carbonyl (C=O) groups excluding carboxylic acids is 1. The van der Waals surface area contributed by atoms with Crippen LogP contribution in [-0.4, -0.2) is 22.6 Å². The van der Waals surface area contributed by atoms with Gasteiger partial charge in [0.15, 0.2) is 6.33 Å². The van der Waals surface area contributed by atoms with Gasteiger partial charge >= 0.3 is 0 Å². The Morgan fingerprint density at radius 2 is 2.33 bits per heavy atom. The topological polar surface area (TPSA) is 68.0 Å². The third kappa shape index (κ3) is 3.24. The first-order chi connectivity index (χ1) is 8.66. The highest BCUT2D eigenvalue weighted by Crippen LogP contribution is 2.19. The van der Waals surface area contributed by atoms with E-state index in [0.29, 0.717) is 34.3 Å². The van der Waals surface area contributed by atoms with Gasteiger partial charge in [-0.15, -0.1) is 12.6 Å². The van der Waals surface area contributed by atoms with E-state index in [9.17, 15) is 4.79 Å². The number of thiol groups is 1. The number of benzene rings is 1. The Kier molecular flexibility index (Phi) is 4.22. The van der Waals surface area contributed by atoms with Gasteiger partial charge in [-0.05, 0) is 18.2 Å². The highest BCUT2D eigenvalue weighted by atomic mass is 35.5. The maximum absolute atomic E-state index is 11.9. The van der Waals surface area contributed by atoms with Crippen LogP contribution in [0.3, 0.4) is 0 Å². The summed E-state index contributed by atoms with van der Waals surface area (Å²) in [6.07, 6.45) is 1.79. The van der Waals surface area contributed by atoms with E-state index in [4.69, 9.17) is 16.1 Å². The van der Waals surface area contributed by atoms with Gasteiger partial charge in [0.1, 0.15) is 0 Å². The summed E-state index contributed by atoms with van der Waals surface area (Å²) in [4.78, 5) is 16.4. The zero-order valence-electron chi connectivity index (χ0n) is 9.26. The van der Waals surface area contributed by atoms with Gasteiger partial charge < -0.3 is 9.84 Å². The number of amides is 1. The fourth-order valence-electron chi connectivity index (χ4n) is 1.37. The smallest absolute Gasteiger partial charge is 0.252 e. The number of nitrogens with zero attached hydrogens (tertiary/aromatic N) is 2. The number of rotatable bonds is 4. The second-order valence-electron chi connectivity index (χ2n) is 3.51. The molecule has 0 fully saturated rings. The molecule has 1 aromatic carbocycles. The van der Waals surface area contributed by atoms with Gasteiger partial charge in [0.05, 0.1) is 10.6 Å². The summed E-state index contributed by atoms with van der Waals surface area (Å²) in [5, 5.41) is 6.59. The molecule has 1 heterocycles. The van der Waals surface area contributed by atoms with E-state index in [1.54, 1.807) is 18.2 Å². The van der Waals surface area contributed by atoms with Crippen molar-refractivity contribution in [3.8, 4) is 0 Å². The van der Waals surface area contributed by atoms with Crippen LogP contribution >= 0.6 is 24.2 Å². The van der Waals surface area contributed by atoms with Gasteiger partial charge in [-0.1, -0.05) is 16.8 Å². The molecule has 2 aromatic rings. The Balaban J connectivity index is 1.93. The second kappa shape index (κ2) is 5.88. The molecule has 0 bridgehead atoms. The Morgan fingerprint density at radius 3 is 3.06 bits per heavy atom. The fourth-order valence-corrected chi connectivity index (χ4v) is 1.78. The fraction of sp³-hybridized carbons (Fsp3) is 0.182. The summed E-state index contributed by atoms with van der Waals surface area (Å²) >= 11 is 10.1. The monoisotopic (exact) mass is 283 g/mol. The van der Waals surface area contributed by atoms with Gasteiger partial charge in [-0.25, -0.2) is 0 Å². The summed E-state index contributed by atoms with van der Waals surface area (Å²) < 4.78 is 4.81. The van der Waals surface area contributed by atoms with Crippen molar-refractivity contribution in [2.45, 2.75) is 11.3 Å². The lowest BCUT2D eigenvalue weighted by Crippen LogP contribution is -2.26. The number of carbonyl (C=O) groups is 1. The van der Waals surface area contributed by atoms with Crippen molar-refractivity contribution in [3.63, 3.8) is 0 Å². The standard InChI is InChI=1S/C11H10ClN3O2S/c12-9-2-1-7(18)5-8(9)11(16)13-4-3-10-14-6-15-17-10/h1-2,5-6,18H,3-4H2,(H,13,16). The molecule has 0 atom stereocenters. The van der Waals surface area contributed by atoms with E-state index in [1.165, 1.54) is 6.33 Å². The Bertz CT molecular complexity index is 545. The summed E-state index contributed by atoms with van der Waals surface area (Å²) in [6.45, 7) is 0.397. The first-order valence-corrected chi connectivity index (χ1v) is 6.01. The molecule has 1 amide bonds. The number of aromatic nitrogens is 2. The van der Waals surface area contributed by atoms with E-state index in [0.717, 1.165) is 0 Å². The van der Waals surface area contributed by atoms with Crippen LogP contribution in [0.25, 0.3) is 0 Å². The molecule has 2 rings (SSSR count). The molecule has 0 saturated carbocycles. The summed E-state index contributed by atoms with van der Waals surface area (Å²) in [5.74, 6) is 0.222. The number of hydrogen-bond acceptors (Lipinski definition) is 5.